The van der Waals surface area contributed by atoms with Crippen molar-refractivity contribution in [3.8, 4) is 5.75 Å². The fraction of sp³-hybridized carbons (Fsp3) is 0.385. The summed E-state index contributed by atoms with van der Waals surface area (Å²) in [5.41, 5.74) is 11.5. The second-order valence-electron chi connectivity index (χ2n) is 4.00. The summed E-state index contributed by atoms with van der Waals surface area (Å²) >= 11 is 0. The molecule has 0 spiro atoms. The molecule has 5 N–H and O–H groups in total. The Morgan fingerprint density at radius 2 is 2.05 bits per heavy atom. The fourth-order valence-electron chi connectivity index (χ4n) is 1.51. The molecule has 0 heterocycles. The molecule has 0 atom stereocenters. The highest BCUT2D eigenvalue weighted by molar-refractivity contribution is 5.95. The summed E-state index contributed by atoms with van der Waals surface area (Å²) in [7, 11) is 0. The Morgan fingerprint density at radius 1 is 1.30 bits per heavy atom. The van der Waals surface area contributed by atoms with Crippen molar-refractivity contribution < 1.29 is 19.1 Å². The van der Waals surface area contributed by atoms with E-state index in [4.69, 9.17) is 20.9 Å². The molecular weight excluding hydrogens is 262 g/mol. The molecule has 2 amide bonds. The van der Waals surface area contributed by atoms with Gasteiger partial charge >= 0.3 is 0 Å². The summed E-state index contributed by atoms with van der Waals surface area (Å²) in [6.07, 6.45) is 0. The van der Waals surface area contributed by atoms with Crippen LogP contribution in [-0.4, -0.2) is 38.2 Å². The Labute approximate surface area is 117 Å². The van der Waals surface area contributed by atoms with E-state index in [1.807, 2.05) is 6.92 Å². The number of carbonyl (C=O) groups is 2. The molecule has 0 aliphatic heterocycles. The van der Waals surface area contributed by atoms with Gasteiger partial charge in [0.25, 0.3) is 5.91 Å². The van der Waals surface area contributed by atoms with E-state index in [0.29, 0.717) is 23.6 Å². The Morgan fingerprint density at radius 3 is 2.70 bits per heavy atom. The highest BCUT2D eigenvalue weighted by Crippen LogP contribution is 2.18. The van der Waals surface area contributed by atoms with Crippen molar-refractivity contribution >= 4 is 17.5 Å². The maximum atomic E-state index is 11.9. The van der Waals surface area contributed by atoms with Crippen molar-refractivity contribution in [1.82, 2.24) is 5.32 Å². The van der Waals surface area contributed by atoms with Gasteiger partial charge in [-0.15, -0.1) is 0 Å². The normalized spacial score (nSPS) is 10.1. The van der Waals surface area contributed by atoms with Crippen LogP contribution in [0.2, 0.25) is 0 Å². The number of benzene rings is 1. The molecule has 0 fully saturated rings. The Balaban J connectivity index is 2.48. The first-order chi connectivity index (χ1) is 9.52. The number of anilines is 1. The Kier molecular flexibility index (Phi) is 6.31. The number of nitrogens with two attached hydrogens (primary N) is 2. The minimum atomic E-state index is -0.548. The van der Waals surface area contributed by atoms with Crippen molar-refractivity contribution in [3.05, 3.63) is 23.8 Å². The van der Waals surface area contributed by atoms with Crippen molar-refractivity contribution in [2.75, 3.05) is 32.1 Å². The number of amides is 2. The SMILES string of the molecule is CCOc1cc(N)cc(C(=O)NCCOCC(N)=O)c1. The molecule has 0 bridgehead atoms. The molecule has 20 heavy (non-hydrogen) atoms. The molecule has 7 nitrogen and oxygen atoms in total. The zero-order valence-electron chi connectivity index (χ0n) is 11.3. The van der Waals surface area contributed by atoms with Crippen molar-refractivity contribution in [1.29, 1.82) is 0 Å². The largest absolute Gasteiger partial charge is 0.494 e. The lowest BCUT2D eigenvalue weighted by atomic mass is 10.1. The average molecular weight is 281 g/mol. The van der Waals surface area contributed by atoms with E-state index in [-0.39, 0.29) is 25.7 Å². The average Bonchev–Trinajstić information content (AvgIpc) is 2.37. The van der Waals surface area contributed by atoms with Gasteiger partial charge in [-0.25, -0.2) is 0 Å². The van der Waals surface area contributed by atoms with Crippen LogP contribution in [0.3, 0.4) is 0 Å². The number of carbonyl (C=O) groups excluding carboxylic acids is 2. The second kappa shape index (κ2) is 8.00. The van der Waals surface area contributed by atoms with Gasteiger partial charge in [0.1, 0.15) is 12.4 Å². The maximum Gasteiger partial charge on any atom is 0.251 e. The monoisotopic (exact) mass is 281 g/mol. The van der Waals surface area contributed by atoms with E-state index >= 15 is 0 Å². The van der Waals surface area contributed by atoms with Gasteiger partial charge in [-0.2, -0.15) is 0 Å². The number of rotatable bonds is 8. The molecule has 0 radical (unpaired) electrons. The molecule has 1 aromatic carbocycles. The number of hydrogen-bond donors (Lipinski definition) is 3. The van der Waals surface area contributed by atoms with Crippen LogP contribution in [0.4, 0.5) is 5.69 Å². The van der Waals surface area contributed by atoms with E-state index in [0.717, 1.165) is 0 Å². The van der Waals surface area contributed by atoms with Crippen LogP contribution in [0.15, 0.2) is 18.2 Å². The first kappa shape index (κ1) is 15.8. The van der Waals surface area contributed by atoms with Crippen molar-refractivity contribution in [2.24, 2.45) is 5.73 Å². The van der Waals surface area contributed by atoms with Crippen LogP contribution in [0, 0.1) is 0 Å². The van der Waals surface area contributed by atoms with Gasteiger partial charge < -0.3 is 26.3 Å². The molecular formula is C13H19N3O4. The van der Waals surface area contributed by atoms with Crippen LogP contribution in [0.25, 0.3) is 0 Å². The fourth-order valence-corrected chi connectivity index (χ4v) is 1.51. The lowest BCUT2D eigenvalue weighted by molar-refractivity contribution is -0.122. The lowest BCUT2D eigenvalue weighted by Gasteiger charge is -2.09. The molecule has 0 aromatic heterocycles. The summed E-state index contributed by atoms with van der Waals surface area (Å²) in [6, 6.07) is 4.82. The summed E-state index contributed by atoms with van der Waals surface area (Å²) in [6.45, 7) is 2.65. The van der Waals surface area contributed by atoms with E-state index < -0.39 is 5.91 Å². The molecule has 1 rings (SSSR count). The van der Waals surface area contributed by atoms with E-state index in [1.54, 1.807) is 18.2 Å². The number of primary amides is 1. The van der Waals surface area contributed by atoms with Crippen molar-refractivity contribution in [3.63, 3.8) is 0 Å². The first-order valence-corrected chi connectivity index (χ1v) is 6.20. The van der Waals surface area contributed by atoms with Gasteiger partial charge in [0.15, 0.2) is 0 Å². The van der Waals surface area contributed by atoms with E-state index in [2.05, 4.69) is 5.32 Å². The van der Waals surface area contributed by atoms with Crippen LogP contribution in [-0.2, 0) is 9.53 Å². The first-order valence-electron chi connectivity index (χ1n) is 6.20. The minimum absolute atomic E-state index is 0.164. The smallest absolute Gasteiger partial charge is 0.251 e. The molecule has 7 heteroatoms. The molecule has 0 saturated carbocycles. The van der Waals surface area contributed by atoms with Crippen molar-refractivity contribution in [2.45, 2.75) is 6.92 Å². The summed E-state index contributed by atoms with van der Waals surface area (Å²) < 4.78 is 10.2. The van der Waals surface area contributed by atoms with Crippen LogP contribution in [0.1, 0.15) is 17.3 Å². The highest BCUT2D eigenvalue weighted by atomic mass is 16.5. The van der Waals surface area contributed by atoms with Gasteiger partial charge in [0.2, 0.25) is 5.91 Å². The van der Waals surface area contributed by atoms with Gasteiger partial charge in [0, 0.05) is 23.9 Å². The molecule has 110 valence electrons. The number of nitrogens with one attached hydrogen (secondary N) is 1. The van der Waals surface area contributed by atoms with E-state index in [9.17, 15) is 9.59 Å². The number of nitrogen functional groups attached to an aromatic ring is 1. The number of ether oxygens (including phenoxy) is 2. The van der Waals surface area contributed by atoms with Crippen LogP contribution >= 0.6 is 0 Å². The summed E-state index contributed by atoms with van der Waals surface area (Å²) in [5, 5.41) is 2.64. The summed E-state index contributed by atoms with van der Waals surface area (Å²) in [5.74, 6) is -0.294. The molecule has 1 aromatic rings. The quantitative estimate of drug-likeness (QED) is 0.454. The third-order valence-electron chi connectivity index (χ3n) is 2.28. The second-order valence-corrected chi connectivity index (χ2v) is 4.00. The number of hydrogen-bond acceptors (Lipinski definition) is 5. The molecule has 0 aliphatic rings. The van der Waals surface area contributed by atoms with Gasteiger partial charge in [-0.1, -0.05) is 0 Å². The van der Waals surface area contributed by atoms with E-state index in [1.165, 1.54) is 0 Å². The van der Waals surface area contributed by atoms with Crippen LogP contribution < -0.4 is 21.5 Å². The zero-order chi connectivity index (χ0) is 15.0. The van der Waals surface area contributed by atoms with Crippen LogP contribution in [0.5, 0.6) is 5.75 Å². The third kappa shape index (κ3) is 5.57. The Bertz CT molecular complexity index is 477. The minimum Gasteiger partial charge on any atom is -0.494 e. The molecule has 0 aliphatic carbocycles. The maximum absolute atomic E-state index is 11.9. The lowest BCUT2D eigenvalue weighted by Crippen LogP contribution is -2.28. The topological polar surface area (TPSA) is 117 Å². The molecule has 0 saturated heterocycles. The summed E-state index contributed by atoms with van der Waals surface area (Å²) in [4.78, 5) is 22.3. The zero-order valence-corrected chi connectivity index (χ0v) is 11.3. The van der Waals surface area contributed by atoms with Gasteiger partial charge in [-0.3, -0.25) is 9.59 Å². The molecule has 0 unspecified atom stereocenters. The van der Waals surface area contributed by atoms with Gasteiger partial charge in [-0.05, 0) is 19.1 Å². The third-order valence-corrected chi connectivity index (χ3v) is 2.28. The highest BCUT2D eigenvalue weighted by Gasteiger charge is 2.08. The van der Waals surface area contributed by atoms with Gasteiger partial charge in [0.05, 0.1) is 13.2 Å². The predicted molar refractivity (Wildman–Crippen MR) is 74.4 cm³/mol. The predicted octanol–water partition coefficient (Wildman–Crippen LogP) is -0.101. The Hall–Kier alpha value is -2.28. The standard InChI is InChI=1S/C13H19N3O4/c1-2-20-11-6-9(5-10(14)7-11)13(18)16-3-4-19-8-12(15)17/h5-7H,2-4,8,14H2,1H3,(H2,15,17)(H,16,18).